The number of ether oxygens (including phenoxy) is 2. The molecule has 0 bridgehead atoms. The number of likely N-dealkylation sites (N-methyl/N-ethyl adjacent to an activating group) is 1. The van der Waals surface area contributed by atoms with Gasteiger partial charge in [0.15, 0.2) is 0 Å². The van der Waals surface area contributed by atoms with Crippen molar-refractivity contribution in [3.8, 4) is 0 Å². The van der Waals surface area contributed by atoms with E-state index in [0.29, 0.717) is 6.42 Å². The Labute approximate surface area is 115 Å². The van der Waals surface area contributed by atoms with Gasteiger partial charge in [0.05, 0.1) is 6.10 Å². The van der Waals surface area contributed by atoms with Gasteiger partial charge in [0.2, 0.25) is 0 Å². The lowest BCUT2D eigenvalue weighted by molar-refractivity contribution is -0.152. The maximum atomic E-state index is 11.6. The molecule has 0 aliphatic heterocycles. The van der Waals surface area contributed by atoms with E-state index in [1.54, 1.807) is 34.7 Å². The van der Waals surface area contributed by atoms with E-state index >= 15 is 0 Å². The summed E-state index contributed by atoms with van der Waals surface area (Å²) < 4.78 is 10.9. The van der Waals surface area contributed by atoms with E-state index in [-0.39, 0.29) is 12.0 Å². The number of alkyl carbamates (subject to hydrolysis) is 1. The van der Waals surface area contributed by atoms with Gasteiger partial charge in [0.1, 0.15) is 11.2 Å². The molecule has 0 saturated carbocycles. The number of hydrogen-bond donors (Lipinski definition) is 2. The summed E-state index contributed by atoms with van der Waals surface area (Å²) in [7, 11) is 3.07. The zero-order valence-electron chi connectivity index (χ0n) is 12.9. The predicted octanol–water partition coefficient (Wildman–Crippen LogP) is 1.44. The third-order valence-electron chi connectivity index (χ3n) is 2.62. The van der Waals surface area contributed by atoms with Crippen molar-refractivity contribution in [2.75, 3.05) is 14.1 Å². The molecule has 0 spiro atoms. The molecule has 6 heteroatoms. The van der Waals surface area contributed by atoms with Crippen LogP contribution in [0.3, 0.4) is 0 Å². The van der Waals surface area contributed by atoms with Gasteiger partial charge >= 0.3 is 6.09 Å². The fraction of sp³-hybridized carbons (Fsp3) is 0.846. The van der Waals surface area contributed by atoms with Crippen LogP contribution < -0.4 is 10.6 Å². The van der Waals surface area contributed by atoms with Crippen molar-refractivity contribution in [1.82, 2.24) is 10.6 Å². The van der Waals surface area contributed by atoms with Crippen LogP contribution in [0.15, 0.2) is 0 Å². The van der Waals surface area contributed by atoms with Crippen molar-refractivity contribution in [2.45, 2.75) is 58.3 Å². The third kappa shape index (κ3) is 6.42. The highest BCUT2D eigenvalue weighted by Crippen LogP contribution is 2.22. The van der Waals surface area contributed by atoms with Crippen LogP contribution in [0, 0.1) is 0 Å². The zero-order chi connectivity index (χ0) is 15.3. The molecular weight excluding hydrogens is 248 g/mol. The quantitative estimate of drug-likeness (QED) is 0.768. The molecule has 2 N–H and O–H groups in total. The molecule has 0 aliphatic carbocycles. The second kappa shape index (κ2) is 6.75. The number of hydrogen-bond acceptors (Lipinski definition) is 4. The van der Waals surface area contributed by atoms with E-state index in [0.717, 1.165) is 0 Å². The van der Waals surface area contributed by atoms with Crippen LogP contribution in [0.2, 0.25) is 0 Å². The first-order chi connectivity index (χ1) is 8.54. The number of carbonyl (C=O) groups is 2. The van der Waals surface area contributed by atoms with Crippen molar-refractivity contribution < 1.29 is 19.1 Å². The van der Waals surface area contributed by atoms with Crippen LogP contribution in [0.1, 0.15) is 41.0 Å². The van der Waals surface area contributed by atoms with Crippen molar-refractivity contribution in [1.29, 1.82) is 0 Å². The van der Waals surface area contributed by atoms with Crippen LogP contribution >= 0.6 is 0 Å². The van der Waals surface area contributed by atoms with Gasteiger partial charge in [-0.25, -0.2) is 4.79 Å². The Kier molecular flexibility index (Phi) is 6.29. The number of nitrogens with one attached hydrogen (secondary N) is 2. The summed E-state index contributed by atoms with van der Waals surface area (Å²) in [5.74, 6) is -0.190. The second-order valence-corrected chi connectivity index (χ2v) is 5.62. The van der Waals surface area contributed by atoms with Crippen LogP contribution in [-0.2, 0) is 14.3 Å². The van der Waals surface area contributed by atoms with Crippen molar-refractivity contribution in [2.24, 2.45) is 0 Å². The summed E-state index contributed by atoms with van der Waals surface area (Å²) in [5, 5.41) is 4.96. The molecule has 6 nitrogen and oxygen atoms in total. The second-order valence-electron chi connectivity index (χ2n) is 5.62. The van der Waals surface area contributed by atoms with Crippen molar-refractivity contribution in [3.05, 3.63) is 0 Å². The van der Waals surface area contributed by atoms with Gasteiger partial charge in [-0.1, -0.05) is 0 Å². The standard InChI is InChI=1S/C13H26N2O4/c1-9(18-13(4,5)10(16)14-6)8-12(2,3)19-11(17)15-7/h9H,8H2,1-7H3,(H,14,16)(H,15,17). The largest absolute Gasteiger partial charge is 0.443 e. The number of rotatable bonds is 6. The zero-order valence-corrected chi connectivity index (χ0v) is 12.9. The fourth-order valence-corrected chi connectivity index (χ4v) is 1.94. The molecule has 0 aliphatic rings. The first-order valence-electron chi connectivity index (χ1n) is 6.35. The monoisotopic (exact) mass is 274 g/mol. The van der Waals surface area contributed by atoms with E-state index in [1.165, 1.54) is 7.05 Å². The van der Waals surface area contributed by atoms with Gasteiger partial charge in [0.25, 0.3) is 5.91 Å². The summed E-state index contributed by atoms with van der Waals surface area (Å²) >= 11 is 0. The highest BCUT2D eigenvalue weighted by atomic mass is 16.6. The van der Waals surface area contributed by atoms with Crippen LogP contribution in [0.25, 0.3) is 0 Å². The van der Waals surface area contributed by atoms with Gasteiger partial charge in [0, 0.05) is 20.5 Å². The minimum Gasteiger partial charge on any atom is -0.443 e. The molecule has 112 valence electrons. The van der Waals surface area contributed by atoms with E-state index in [1.807, 2.05) is 6.92 Å². The molecule has 0 radical (unpaired) electrons. The Morgan fingerprint density at radius 1 is 1.11 bits per heavy atom. The summed E-state index contributed by atoms with van der Waals surface area (Å²) in [6.45, 7) is 8.85. The summed E-state index contributed by atoms with van der Waals surface area (Å²) in [5.41, 5.74) is -1.59. The maximum Gasteiger partial charge on any atom is 0.407 e. The molecule has 1 atom stereocenters. The molecule has 0 heterocycles. The van der Waals surface area contributed by atoms with E-state index in [9.17, 15) is 9.59 Å². The smallest absolute Gasteiger partial charge is 0.407 e. The molecule has 0 aromatic carbocycles. The minimum absolute atomic E-state index is 0.190. The van der Waals surface area contributed by atoms with Crippen LogP contribution in [-0.4, -0.2) is 43.4 Å². The maximum absolute atomic E-state index is 11.6. The van der Waals surface area contributed by atoms with E-state index < -0.39 is 17.3 Å². The lowest BCUT2D eigenvalue weighted by Crippen LogP contribution is -2.46. The highest BCUT2D eigenvalue weighted by Gasteiger charge is 2.33. The topological polar surface area (TPSA) is 76.7 Å². The molecule has 0 saturated heterocycles. The first kappa shape index (κ1) is 17.7. The minimum atomic E-state index is -0.919. The van der Waals surface area contributed by atoms with Gasteiger partial charge in [-0.3, -0.25) is 4.79 Å². The number of amides is 2. The summed E-state index contributed by atoms with van der Waals surface area (Å²) in [6.07, 6.45) is -0.226. The molecule has 0 fully saturated rings. The predicted molar refractivity (Wildman–Crippen MR) is 72.9 cm³/mol. The summed E-state index contributed by atoms with van der Waals surface area (Å²) in [6, 6.07) is 0. The molecule has 0 aromatic rings. The van der Waals surface area contributed by atoms with E-state index in [2.05, 4.69) is 10.6 Å². The molecular formula is C13H26N2O4. The lowest BCUT2D eigenvalue weighted by Gasteiger charge is -2.32. The Morgan fingerprint density at radius 2 is 1.63 bits per heavy atom. The Balaban J connectivity index is 4.49. The third-order valence-corrected chi connectivity index (χ3v) is 2.62. The van der Waals surface area contributed by atoms with Crippen molar-refractivity contribution >= 4 is 12.0 Å². The molecule has 2 amide bonds. The highest BCUT2D eigenvalue weighted by molar-refractivity contribution is 5.83. The Morgan fingerprint density at radius 3 is 2.05 bits per heavy atom. The number of carbonyl (C=O) groups excluding carboxylic acids is 2. The van der Waals surface area contributed by atoms with Gasteiger partial charge in [-0.05, 0) is 34.6 Å². The van der Waals surface area contributed by atoms with E-state index in [4.69, 9.17) is 9.47 Å². The molecule has 1 unspecified atom stereocenters. The van der Waals surface area contributed by atoms with Crippen molar-refractivity contribution in [3.63, 3.8) is 0 Å². The normalized spacial score (nSPS) is 13.6. The fourth-order valence-electron chi connectivity index (χ4n) is 1.94. The average Bonchev–Trinajstić information content (AvgIpc) is 2.24. The van der Waals surface area contributed by atoms with Gasteiger partial charge in [-0.15, -0.1) is 0 Å². The van der Waals surface area contributed by atoms with Gasteiger partial charge in [-0.2, -0.15) is 0 Å². The summed E-state index contributed by atoms with van der Waals surface area (Å²) in [4.78, 5) is 22.8. The Bertz CT molecular complexity index is 327. The molecule has 0 rings (SSSR count). The first-order valence-corrected chi connectivity index (χ1v) is 6.35. The SMILES string of the molecule is CNC(=O)OC(C)(C)CC(C)OC(C)(C)C(=O)NC. The average molecular weight is 274 g/mol. The molecule has 19 heavy (non-hydrogen) atoms. The molecule has 0 aromatic heterocycles. The Hall–Kier alpha value is -1.30. The van der Waals surface area contributed by atoms with Crippen LogP contribution in [0.4, 0.5) is 4.79 Å². The van der Waals surface area contributed by atoms with Gasteiger partial charge < -0.3 is 20.1 Å². The lowest BCUT2D eigenvalue weighted by atomic mass is 10.0. The van der Waals surface area contributed by atoms with Crippen LogP contribution in [0.5, 0.6) is 0 Å².